The molecular weight excluding hydrogens is 274 g/mol. The summed E-state index contributed by atoms with van der Waals surface area (Å²) in [5.41, 5.74) is 3.35. The number of hydrogen-bond acceptors (Lipinski definition) is 2. The van der Waals surface area contributed by atoms with Crippen molar-refractivity contribution in [2.75, 3.05) is 6.54 Å². The minimum absolute atomic E-state index is 0.509. The Bertz CT molecular complexity index is 441. The van der Waals surface area contributed by atoms with E-state index in [0.717, 1.165) is 17.5 Å². The van der Waals surface area contributed by atoms with Crippen molar-refractivity contribution in [2.24, 2.45) is 5.41 Å². The molecule has 1 saturated carbocycles. The predicted octanol–water partition coefficient (Wildman–Crippen LogP) is 5.18. The number of nitrogens with one attached hydrogen (secondary N) is 1. The molecule has 0 bridgehead atoms. The Morgan fingerprint density at radius 1 is 1.33 bits per heavy atom. The van der Waals surface area contributed by atoms with Gasteiger partial charge in [-0.1, -0.05) is 50.6 Å². The fourth-order valence-corrected chi connectivity index (χ4v) is 4.88. The molecule has 0 amide bonds. The Hall–Kier alpha value is -0.470. The van der Waals surface area contributed by atoms with Gasteiger partial charge in [-0.3, -0.25) is 0 Å². The summed E-state index contributed by atoms with van der Waals surface area (Å²) in [5.74, 6) is 1.15. The lowest BCUT2D eigenvalue weighted by atomic mass is 9.75. The van der Waals surface area contributed by atoms with E-state index in [4.69, 9.17) is 0 Å². The summed E-state index contributed by atoms with van der Waals surface area (Å²) in [4.78, 5) is 0. The molecule has 1 aliphatic carbocycles. The Balaban J connectivity index is 1.95. The fraction of sp³-hybridized carbons (Fsp3) is 0.684. The van der Waals surface area contributed by atoms with Gasteiger partial charge in [0.25, 0.3) is 0 Å². The highest BCUT2D eigenvalue weighted by atomic mass is 32.2. The van der Waals surface area contributed by atoms with E-state index >= 15 is 0 Å². The summed E-state index contributed by atoms with van der Waals surface area (Å²) in [6.45, 7) is 10.5. The molecule has 2 atom stereocenters. The van der Waals surface area contributed by atoms with E-state index in [1.54, 1.807) is 0 Å². The van der Waals surface area contributed by atoms with Crippen LogP contribution in [0, 0.1) is 12.3 Å². The molecule has 0 heterocycles. The number of rotatable bonds is 6. The van der Waals surface area contributed by atoms with Gasteiger partial charge in [-0.25, -0.2) is 0 Å². The molecule has 1 aromatic carbocycles. The van der Waals surface area contributed by atoms with Crippen molar-refractivity contribution >= 4 is 11.8 Å². The van der Waals surface area contributed by atoms with Crippen LogP contribution >= 0.6 is 11.8 Å². The van der Waals surface area contributed by atoms with Crippen LogP contribution in [0.25, 0.3) is 0 Å². The summed E-state index contributed by atoms with van der Waals surface area (Å²) >= 11 is 2.16. The maximum absolute atomic E-state index is 3.79. The Kier molecular flexibility index (Phi) is 6.19. The van der Waals surface area contributed by atoms with Crippen LogP contribution in [-0.4, -0.2) is 17.8 Å². The third kappa shape index (κ3) is 5.34. The van der Waals surface area contributed by atoms with Crippen LogP contribution < -0.4 is 5.32 Å². The van der Waals surface area contributed by atoms with Crippen LogP contribution in [0.3, 0.4) is 0 Å². The molecule has 118 valence electrons. The number of hydrogen-bond donors (Lipinski definition) is 1. The van der Waals surface area contributed by atoms with Crippen molar-refractivity contribution in [3.05, 3.63) is 35.4 Å². The number of thioether (sulfide) groups is 1. The van der Waals surface area contributed by atoms with Gasteiger partial charge >= 0.3 is 0 Å². The second-order valence-corrected chi connectivity index (χ2v) is 8.53. The minimum atomic E-state index is 0.509. The highest BCUT2D eigenvalue weighted by molar-refractivity contribution is 7.99. The quantitative estimate of drug-likeness (QED) is 0.777. The highest BCUT2D eigenvalue weighted by Crippen LogP contribution is 2.41. The molecule has 21 heavy (non-hydrogen) atoms. The molecule has 0 saturated heterocycles. The van der Waals surface area contributed by atoms with Gasteiger partial charge in [0.1, 0.15) is 0 Å². The van der Waals surface area contributed by atoms with Crippen LogP contribution in [0.5, 0.6) is 0 Å². The fourth-order valence-electron chi connectivity index (χ4n) is 3.26. The van der Waals surface area contributed by atoms with Crippen LogP contribution in [0.4, 0.5) is 0 Å². The van der Waals surface area contributed by atoms with Gasteiger partial charge in [0.05, 0.1) is 0 Å². The van der Waals surface area contributed by atoms with Gasteiger partial charge in [0.15, 0.2) is 0 Å². The smallest absolute Gasteiger partial charge is 0.0209 e. The van der Waals surface area contributed by atoms with Crippen molar-refractivity contribution in [2.45, 2.75) is 70.4 Å². The first kappa shape index (κ1) is 16.9. The van der Waals surface area contributed by atoms with Crippen molar-refractivity contribution < 1.29 is 0 Å². The largest absolute Gasteiger partial charge is 0.313 e. The van der Waals surface area contributed by atoms with Gasteiger partial charge in [-0.05, 0) is 50.1 Å². The van der Waals surface area contributed by atoms with E-state index in [-0.39, 0.29) is 0 Å². The average molecular weight is 306 g/mol. The average Bonchev–Trinajstić information content (AvgIpc) is 2.43. The van der Waals surface area contributed by atoms with Crippen molar-refractivity contribution in [1.82, 2.24) is 5.32 Å². The lowest BCUT2D eigenvalue weighted by Gasteiger charge is -2.41. The normalized spacial score (nSPS) is 25.0. The van der Waals surface area contributed by atoms with E-state index in [1.165, 1.54) is 36.8 Å². The molecule has 1 aromatic rings. The Morgan fingerprint density at radius 2 is 2.14 bits per heavy atom. The van der Waals surface area contributed by atoms with Crippen molar-refractivity contribution in [1.29, 1.82) is 0 Å². The van der Waals surface area contributed by atoms with Crippen molar-refractivity contribution in [3.8, 4) is 0 Å². The summed E-state index contributed by atoms with van der Waals surface area (Å²) in [7, 11) is 0. The van der Waals surface area contributed by atoms with Gasteiger partial charge < -0.3 is 5.32 Å². The first-order valence-corrected chi connectivity index (χ1v) is 9.45. The first-order valence-electron chi connectivity index (χ1n) is 8.41. The Labute approximate surface area is 135 Å². The number of aryl methyl sites for hydroxylation is 1. The summed E-state index contributed by atoms with van der Waals surface area (Å²) in [6, 6.07) is 9.66. The maximum Gasteiger partial charge on any atom is 0.0209 e. The van der Waals surface area contributed by atoms with Gasteiger partial charge in [0.2, 0.25) is 0 Å². The molecule has 0 spiro atoms. The van der Waals surface area contributed by atoms with Crippen LogP contribution in [0.15, 0.2) is 24.3 Å². The van der Waals surface area contributed by atoms with E-state index < -0.39 is 0 Å². The predicted molar refractivity (Wildman–Crippen MR) is 96.0 cm³/mol. The third-order valence-electron chi connectivity index (χ3n) is 4.54. The molecule has 2 heteroatoms. The summed E-state index contributed by atoms with van der Waals surface area (Å²) in [6.07, 6.45) is 5.26. The molecule has 0 aromatic heterocycles. The summed E-state index contributed by atoms with van der Waals surface area (Å²) < 4.78 is 0. The molecule has 2 rings (SSSR count). The second kappa shape index (κ2) is 7.69. The SMILES string of the molecule is CCCNC1CCC(C)(C)CC1SCc1cccc(C)c1. The van der Waals surface area contributed by atoms with Crippen LogP contribution in [0.1, 0.15) is 57.6 Å². The van der Waals surface area contributed by atoms with Gasteiger partial charge in [-0.15, -0.1) is 0 Å². The molecule has 0 radical (unpaired) electrons. The maximum atomic E-state index is 3.79. The summed E-state index contributed by atoms with van der Waals surface area (Å²) in [5, 5.41) is 4.54. The molecule has 1 nitrogen and oxygen atoms in total. The highest BCUT2D eigenvalue weighted by Gasteiger charge is 2.34. The standard InChI is InChI=1S/C19H31NS/c1-5-11-20-17-9-10-19(3,4)13-18(17)21-14-16-8-6-7-15(2)12-16/h6-8,12,17-18,20H,5,9-11,13-14H2,1-4H3. The van der Waals surface area contributed by atoms with E-state index in [1.807, 2.05) is 0 Å². The molecule has 1 aliphatic rings. The third-order valence-corrected chi connectivity index (χ3v) is 5.96. The Morgan fingerprint density at radius 3 is 2.86 bits per heavy atom. The topological polar surface area (TPSA) is 12.0 Å². The minimum Gasteiger partial charge on any atom is -0.313 e. The van der Waals surface area contributed by atoms with Crippen molar-refractivity contribution in [3.63, 3.8) is 0 Å². The van der Waals surface area contributed by atoms with E-state index in [0.29, 0.717) is 11.5 Å². The van der Waals surface area contributed by atoms with E-state index in [2.05, 4.69) is 69.0 Å². The molecule has 0 aliphatic heterocycles. The van der Waals surface area contributed by atoms with E-state index in [9.17, 15) is 0 Å². The van der Waals surface area contributed by atoms with Crippen LogP contribution in [0.2, 0.25) is 0 Å². The molecule has 1 N–H and O–H groups in total. The zero-order valence-electron chi connectivity index (χ0n) is 14.1. The lowest BCUT2D eigenvalue weighted by Crippen LogP contribution is -2.45. The van der Waals surface area contributed by atoms with Gasteiger partial charge in [0, 0.05) is 17.0 Å². The second-order valence-electron chi connectivity index (χ2n) is 7.31. The van der Waals surface area contributed by atoms with Gasteiger partial charge in [-0.2, -0.15) is 11.8 Å². The first-order chi connectivity index (χ1) is 10.00. The van der Waals surface area contributed by atoms with Crippen LogP contribution in [-0.2, 0) is 5.75 Å². The number of benzene rings is 1. The molecule has 2 unspecified atom stereocenters. The lowest BCUT2D eigenvalue weighted by molar-refractivity contribution is 0.214. The zero-order chi connectivity index (χ0) is 15.3. The monoisotopic (exact) mass is 305 g/mol. The molecular formula is C19H31NS. The zero-order valence-corrected chi connectivity index (χ0v) is 14.9. The molecule has 1 fully saturated rings.